The van der Waals surface area contributed by atoms with Crippen LogP contribution in [0.1, 0.15) is 32.6 Å². The molecule has 2 fully saturated rings. The second-order valence-electron chi connectivity index (χ2n) is 6.20. The predicted octanol–water partition coefficient (Wildman–Crippen LogP) is -0.216. The fourth-order valence-corrected chi connectivity index (χ4v) is 3.26. The van der Waals surface area contributed by atoms with E-state index < -0.39 is 0 Å². The molecule has 0 radical (unpaired) electrons. The third kappa shape index (κ3) is 4.68. The Balaban J connectivity index is 1.82. The lowest BCUT2D eigenvalue weighted by molar-refractivity contribution is -0.136. The standard InChI is InChI=1S/C15H28N4O2/c1-2-18(10-13-6-3-7-17-13)11-14(20)19-8-4-5-12(9-19)15(16)21/h12-13,17H,2-11H2,1H3,(H2,16,21). The quantitative estimate of drug-likeness (QED) is 0.710. The number of nitrogens with one attached hydrogen (secondary N) is 1. The molecule has 0 spiro atoms. The van der Waals surface area contributed by atoms with Crippen molar-refractivity contribution in [1.29, 1.82) is 0 Å². The van der Waals surface area contributed by atoms with Gasteiger partial charge in [0.1, 0.15) is 0 Å². The normalized spacial score (nSPS) is 26.3. The van der Waals surface area contributed by atoms with Gasteiger partial charge in [0, 0.05) is 25.7 Å². The number of nitrogens with zero attached hydrogens (tertiary/aromatic N) is 2. The average Bonchev–Trinajstić information content (AvgIpc) is 2.99. The second kappa shape index (κ2) is 7.75. The summed E-state index contributed by atoms with van der Waals surface area (Å²) in [5.41, 5.74) is 5.37. The van der Waals surface area contributed by atoms with Crippen LogP contribution < -0.4 is 11.1 Å². The Morgan fingerprint density at radius 3 is 2.76 bits per heavy atom. The molecule has 2 atom stereocenters. The van der Waals surface area contributed by atoms with E-state index in [4.69, 9.17) is 5.73 Å². The number of hydrogen-bond acceptors (Lipinski definition) is 4. The molecule has 2 aliphatic rings. The van der Waals surface area contributed by atoms with E-state index in [1.807, 2.05) is 4.90 Å². The first-order chi connectivity index (χ1) is 10.1. The summed E-state index contributed by atoms with van der Waals surface area (Å²) in [5.74, 6) is -0.329. The smallest absolute Gasteiger partial charge is 0.236 e. The van der Waals surface area contributed by atoms with Crippen LogP contribution in [-0.2, 0) is 9.59 Å². The van der Waals surface area contributed by atoms with Crippen LogP contribution in [-0.4, -0.2) is 66.9 Å². The van der Waals surface area contributed by atoms with Gasteiger partial charge in [-0.05, 0) is 38.8 Å². The van der Waals surface area contributed by atoms with Crippen LogP contribution in [0.25, 0.3) is 0 Å². The van der Waals surface area contributed by atoms with E-state index in [9.17, 15) is 9.59 Å². The summed E-state index contributed by atoms with van der Waals surface area (Å²) in [6.45, 7) is 6.66. The number of likely N-dealkylation sites (tertiary alicyclic amines) is 1. The van der Waals surface area contributed by atoms with Crippen molar-refractivity contribution >= 4 is 11.8 Å². The average molecular weight is 296 g/mol. The van der Waals surface area contributed by atoms with Gasteiger partial charge in [-0.3, -0.25) is 14.5 Å². The van der Waals surface area contributed by atoms with Gasteiger partial charge >= 0.3 is 0 Å². The largest absolute Gasteiger partial charge is 0.369 e. The Morgan fingerprint density at radius 1 is 1.33 bits per heavy atom. The van der Waals surface area contributed by atoms with Gasteiger partial charge < -0.3 is 16.0 Å². The van der Waals surface area contributed by atoms with Crippen molar-refractivity contribution in [2.24, 2.45) is 11.7 Å². The van der Waals surface area contributed by atoms with E-state index in [-0.39, 0.29) is 17.7 Å². The first-order valence-electron chi connectivity index (χ1n) is 8.13. The van der Waals surface area contributed by atoms with Crippen molar-refractivity contribution in [3.05, 3.63) is 0 Å². The number of hydrogen-bond donors (Lipinski definition) is 2. The zero-order chi connectivity index (χ0) is 15.2. The molecule has 3 N–H and O–H groups in total. The van der Waals surface area contributed by atoms with Crippen molar-refractivity contribution in [2.45, 2.75) is 38.6 Å². The Morgan fingerprint density at radius 2 is 2.14 bits per heavy atom. The lowest BCUT2D eigenvalue weighted by atomic mass is 9.97. The molecule has 0 saturated carbocycles. The maximum absolute atomic E-state index is 12.4. The van der Waals surface area contributed by atoms with Crippen LogP contribution >= 0.6 is 0 Å². The van der Waals surface area contributed by atoms with E-state index in [2.05, 4.69) is 17.1 Å². The van der Waals surface area contributed by atoms with Crippen LogP contribution in [0.3, 0.4) is 0 Å². The van der Waals surface area contributed by atoms with Gasteiger partial charge in [-0.15, -0.1) is 0 Å². The first-order valence-corrected chi connectivity index (χ1v) is 8.13. The Kier molecular flexibility index (Phi) is 5.99. The molecular formula is C15H28N4O2. The monoisotopic (exact) mass is 296 g/mol. The van der Waals surface area contributed by atoms with Crippen LogP contribution in [0.15, 0.2) is 0 Å². The Labute approximate surface area is 127 Å². The molecule has 2 saturated heterocycles. The molecule has 0 aliphatic carbocycles. The summed E-state index contributed by atoms with van der Waals surface area (Å²) < 4.78 is 0. The maximum Gasteiger partial charge on any atom is 0.236 e. The molecule has 2 heterocycles. The molecule has 0 bridgehead atoms. The summed E-state index contributed by atoms with van der Waals surface area (Å²) >= 11 is 0. The molecule has 0 aromatic carbocycles. The minimum Gasteiger partial charge on any atom is -0.369 e. The highest BCUT2D eigenvalue weighted by Gasteiger charge is 2.28. The van der Waals surface area contributed by atoms with Gasteiger partial charge in [0.2, 0.25) is 11.8 Å². The fourth-order valence-electron chi connectivity index (χ4n) is 3.26. The molecular weight excluding hydrogens is 268 g/mol. The highest BCUT2D eigenvalue weighted by molar-refractivity contribution is 5.81. The summed E-state index contributed by atoms with van der Waals surface area (Å²) in [5, 5.41) is 3.47. The number of rotatable bonds is 6. The molecule has 6 heteroatoms. The minimum atomic E-state index is -0.282. The van der Waals surface area contributed by atoms with E-state index in [0.29, 0.717) is 19.1 Å². The van der Waals surface area contributed by atoms with Gasteiger partial charge in [0.25, 0.3) is 0 Å². The molecule has 2 aliphatic heterocycles. The zero-order valence-corrected chi connectivity index (χ0v) is 13.0. The summed E-state index contributed by atoms with van der Waals surface area (Å²) in [7, 11) is 0. The van der Waals surface area contributed by atoms with Crippen LogP contribution in [0, 0.1) is 5.92 Å². The Hall–Kier alpha value is -1.14. The molecule has 2 unspecified atom stereocenters. The topological polar surface area (TPSA) is 78.7 Å². The third-order valence-corrected chi connectivity index (χ3v) is 4.62. The van der Waals surface area contributed by atoms with Gasteiger partial charge in [-0.2, -0.15) is 0 Å². The van der Waals surface area contributed by atoms with E-state index >= 15 is 0 Å². The molecule has 6 nitrogen and oxygen atoms in total. The van der Waals surface area contributed by atoms with Crippen molar-refractivity contribution in [3.8, 4) is 0 Å². The highest BCUT2D eigenvalue weighted by atomic mass is 16.2. The summed E-state index contributed by atoms with van der Waals surface area (Å²) in [6, 6.07) is 0.512. The van der Waals surface area contributed by atoms with E-state index in [1.165, 1.54) is 12.8 Å². The molecule has 2 rings (SSSR count). The first kappa shape index (κ1) is 16.2. The van der Waals surface area contributed by atoms with Gasteiger partial charge in [-0.1, -0.05) is 6.92 Å². The SMILES string of the molecule is CCN(CC(=O)N1CCCC(C(N)=O)C1)CC1CCCN1. The van der Waals surface area contributed by atoms with Crippen LogP contribution in [0.5, 0.6) is 0 Å². The highest BCUT2D eigenvalue weighted by Crippen LogP contribution is 2.16. The van der Waals surface area contributed by atoms with Gasteiger partial charge in [-0.25, -0.2) is 0 Å². The lowest BCUT2D eigenvalue weighted by Crippen LogP contribution is -2.49. The van der Waals surface area contributed by atoms with E-state index in [1.54, 1.807) is 0 Å². The molecule has 0 aromatic rings. The van der Waals surface area contributed by atoms with Crippen molar-refractivity contribution in [3.63, 3.8) is 0 Å². The number of carbonyl (C=O) groups is 2. The zero-order valence-electron chi connectivity index (χ0n) is 13.0. The number of piperidine rings is 1. The van der Waals surface area contributed by atoms with Gasteiger partial charge in [0.05, 0.1) is 12.5 Å². The number of likely N-dealkylation sites (N-methyl/N-ethyl adjacent to an activating group) is 1. The molecule has 21 heavy (non-hydrogen) atoms. The molecule has 120 valence electrons. The van der Waals surface area contributed by atoms with Crippen molar-refractivity contribution < 1.29 is 9.59 Å². The van der Waals surface area contributed by atoms with Gasteiger partial charge in [0.15, 0.2) is 0 Å². The van der Waals surface area contributed by atoms with Crippen LogP contribution in [0.4, 0.5) is 0 Å². The number of nitrogens with two attached hydrogens (primary N) is 1. The summed E-state index contributed by atoms with van der Waals surface area (Å²) in [4.78, 5) is 27.7. The number of primary amides is 1. The minimum absolute atomic E-state index is 0.126. The second-order valence-corrected chi connectivity index (χ2v) is 6.20. The molecule has 0 aromatic heterocycles. The molecule has 2 amide bonds. The number of carbonyl (C=O) groups excluding carboxylic acids is 2. The maximum atomic E-state index is 12.4. The van der Waals surface area contributed by atoms with Crippen molar-refractivity contribution in [2.75, 3.05) is 39.3 Å². The summed E-state index contributed by atoms with van der Waals surface area (Å²) in [6.07, 6.45) is 4.10. The predicted molar refractivity (Wildman–Crippen MR) is 81.6 cm³/mol. The lowest BCUT2D eigenvalue weighted by Gasteiger charge is -2.33. The third-order valence-electron chi connectivity index (χ3n) is 4.62. The Bertz CT molecular complexity index is 369. The van der Waals surface area contributed by atoms with Crippen LogP contribution in [0.2, 0.25) is 0 Å². The van der Waals surface area contributed by atoms with Crippen molar-refractivity contribution in [1.82, 2.24) is 15.1 Å². The number of amides is 2. The fraction of sp³-hybridized carbons (Fsp3) is 0.867. The van der Waals surface area contributed by atoms with E-state index in [0.717, 1.165) is 39.0 Å².